The third-order valence-corrected chi connectivity index (χ3v) is 9.58. The maximum Gasteiger partial charge on any atom is 0.303 e. The molecule has 0 aromatic carbocycles. The smallest absolute Gasteiger partial charge is 0.303 e. The fourth-order valence-corrected chi connectivity index (χ4v) is 6.98. The van der Waals surface area contributed by atoms with Gasteiger partial charge in [0.05, 0.1) is 55.9 Å². The maximum absolute atomic E-state index is 12.1. The van der Waals surface area contributed by atoms with Gasteiger partial charge in [0.15, 0.2) is 0 Å². The van der Waals surface area contributed by atoms with Crippen LogP contribution in [0.3, 0.4) is 0 Å². The summed E-state index contributed by atoms with van der Waals surface area (Å²) in [5.41, 5.74) is 0. The van der Waals surface area contributed by atoms with E-state index in [0.717, 1.165) is 38.5 Å². The van der Waals surface area contributed by atoms with Crippen molar-refractivity contribution in [1.29, 1.82) is 0 Å². The number of hydrogen-bond donors (Lipinski definition) is 8. The zero-order chi connectivity index (χ0) is 32.4. The van der Waals surface area contributed by atoms with Crippen LogP contribution in [0.15, 0.2) is 0 Å². The van der Waals surface area contributed by atoms with Gasteiger partial charge in [-0.05, 0) is 44.9 Å². The quantitative estimate of drug-likeness (QED) is 0.107. The Balaban J connectivity index is 1.58. The molecule has 13 nitrogen and oxygen atoms in total. The highest BCUT2D eigenvalue weighted by molar-refractivity contribution is 5.73. The van der Waals surface area contributed by atoms with Gasteiger partial charge >= 0.3 is 5.97 Å². The van der Waals surface area contributed by atoms with Gasteiger partial charge in [-0.3, -0.25) is 9.59 Å². The lowest BCUT2D eigenvalue weighted by Crippen LogP contribution is -2.60. The number of aliphatic carboxylic acids is 1. The molecule has 0 unspecified atom stereocenters. The van der Waals surface area contributed by atoms with Gasteiger partial charge < -0.3 is 55.3 Å². The molecule has 13 heteroatoms. The van der Waals surface area contributed by atoms with E-state index in [4.69, 9.17) is 19.3 Å². The first-order valence-corrected chi connectivity index (χ1v) is 16.4. The fraction of sp³-hybridized carbons (Fsp3) is 0.935. The first-order valence-electron chi connectivity index (χ1n) is 16.4. The van der Waals surface area contributed by atoms with Gasteiger partial charge in [0.1, 0.15) is 24.4 Å². The number of aliphatic hydroxyl groups excluding tert-OH is 6. The van der Waals surface area contributed by atoms with Crippen molar-refractivity contribution in [2.45, 2.75) is 158 Å². The first kappa shape index (κ1) is 37.0. The Bertz CT molecular complexity index is 879. The van der Waals surface area contributed by atoms with Gasteiger partial charge in [-0.1, -0.05) is 38.5 Å². The number of ether oxygens (including phenoxy) is 3. The van der Waals surface area contributed by atoms with Crippen LogP contribution in [-0.2, 0) is 23.8 Å². The van der Waals surface area contributed by atoms with Crippen LogP contribution in [0.2, 0.25) is 0 Å². The molecule has 0 bridgehead atoms. The van der Waals surface area contributed by atoms with Crippen LogP contribution in [0.5, 0.6) is 0 Å². The standard InChI is InChI=1S/C31H55NO12/c1-17-28(38)31(41)30(40)24(43-17)13-19-12-21(35)25(15-33)44-23(19)14-20-16-42-22(27(29(20)39)32-18(2)34)10-8-6-4-3-5-7-9-11-26(36)37/h17,19-25,27-31,33,35,38-41H,3-16H2,1-2H3,(H,32,34)(H,36,37)/t17-,19-,20+,21+,22-,23-,24-,25+,27-,28+,29-,30+,31+/m0/s1. The van der Waals surface area contributed by atoms with E-state index in [0.29, 0.717) is 19.3 Å². The van der Waals surface area contributed by atoms with Gasteiger partial charge in [0, 0.05) is 19.3 Å². The molecule has 0 spiro atoms. The number of carbonyl (C=O) groups is 2. The van der Waals surface area contributed by atoms with Crippen molar-refractivity contribution in [1.82, 2.24) is 5.32 Å². The molecule has 44 heavy (non-hydrogen) atoms. The summed E-state index contributed by atoms with van der Waals surface area (Å²) in [4.78, 5) is 22.7. The summed E-state index contributed by atoms with van der Waals surface area (Å²) in [5, 5.41) is 74.4. The molecule has 256 valence electrons. The van der Waals surface area contributed by atoms with Crippen LogP contribution in [0.1, 0.15) is 90.9 Å². The van der Waals surface area contributed by atoms with E-state index in [1.54, 1.807) is 6.92 Å². The summed E-state index contributed by atoms with van der Waals surface area (Å²) in [6.45, 7) is 2.84. The predicted octanol–water partition coefficient (Wildman–Crippen LogP) is 0.240. The number of nitrogens with one attached hydrogen (secondary N) is 1. The summed E-state index contributed by atoms with van der Waals surface area (Å²) < 4.78 is 18.1. The number of carboxylic acids is 1. The fourth-order valence-electron chi connectivity index (χ4n) is 6.98. The summed E-state index contributed by atoms with van der Waals surface area (Å²) in [5.74, 6) is -1.81. The lowest BCUT2D eigenvalue weighted by Gasteiger charge is -2.46. The molecule has 3 aliphatic heterocycles. The highest BCUT2D eigenvalue weighted by atomic mass is 16.5. The SMILES string of the molecule is CC(=O)N[C@@H]1[C@@H](O)[C@H](C[C@@H]2O[C@H](CO)[C@H](O)C[C@H]2C[C@@H]2O[C@@H](C)[C@@H](O)[C@@H](O)[C@@H]2O)CO[C@H]1CCCCCCCCCC(=O)O. The molecule has 3 aliphatic rings. The predicted molar refractivity (Wildman–Crippen MR) is 157 cm³/mol. The minimum absolute atomic E-state index is 0.205. The molecule has 3 heterocycles. The second kappa shape index (κ2) is 18.1. The number of hydrogen-bond acceptors (Lipinski definition) is 11. The molecule has 0 aliphatic carbocycles. The van der Waals surface area contributed by atoms with Crippen molar-refractivity contribution in [2.24, 2.45) is 11.8 Å². The van der Waals surface area contributed by atoms with Crippen molar-refractivity contribution in [3.8, 4) is 0 Å². The number of amides is 1. The highest BCUT2D eigenvalue weighted by Crippen LogP contribution is 2.38. The molecule has 0 radical (unpaired) electrons. The van der Waals surface area contributed by atoms with Crippen LogP contribution in [0.4, 0.5) is 0 Å². The van der Waals surface area contributed by atoms with E-state index in [1.807, 2.05) is 0 Å². The van der Waals surface area contributed by atoms with Gasteiger partial charge in [0.2, 0.25) is 5.91 Å². The third-order valence-electron chi connectivity index (χ3n) is 9.58. The second-order valence-electron chi connectivity index (χ2n) is 13.0. The summed E-state index contributed by atoms with van der Waals surface area (Å²) in [6.07, 6.45) is -0.970. The number of unbranched alkanes of at least 4 members (excludes halogenated alkanes) is 6. The molecule has 3 saturated heterocycles. The lowest BCUT2D eigenvalue weighted by molar-refractivity contribution is -0.231. The van der Waals surface area contributed by atoms with E-state index in [-0.39, 0.29) is 43.8 Å². The molecule has 0 aromatic rings. The lowest BCUT2D eigenvalue weighted by atomic mass is 9.77. The minimum Gasteiger partial charge on any atom is -0.481 e. The summed E-state index contributed by atoms with van der Waals surface area (Å²) in [7, 11) is 0. The molecule has 0 saturated carbocycles. The minimum atomic E-state index is -1.38. The maximum atomic E-state index is 12.1. The van der Waals surface area contributed by atoms with Crippen molar-refractivity contribution in [2.75, 3.05) is 13.2 Å². The Morgan fingerprint density at radius 3 is 2.02 bits per heavy atom. The average Bonchev–Trinajstić information content (AvgIpc) is 2.97. The van der Waals surface area contributed by atoms with E-state index in [9.17, 15) is 40.2 Å². The number of carbonyl (C=O) groups excluding carboxylic acids is 1. The largest absolute Gasteiger partial charge is 0.481 e. The van der Waals surface area contributed by atoms with Crippen LogP contribution in [0, 0.1) is 11.8 Å². The van der Waals surface area contributed by atoms with Crippen LogP contribution in [0.25, 0.3) is 0 Å². The number of aliphatic hydroxyl groups is 6. The van der Waals surface area contributed by atoms with E-state index < -0.39 is 79.5 Å². The van der Waals surface area contributed by atoms with Crippen LogP contribution in [-0.4, -0.2) is 128 Å². The normalized spacial score (nSPS) is 39.6. The van der Waals surface area contributed by atoms with Crippen LogP contribution < -0.4 is 5.32 Å². The molecule has 1 amide bonds. The second-order valence-corrected chi connectivity index (χ2v) is 13.0. The molecule has 13 atom stereocenters. The Kier molecular flexibility index (Phi) is 15.2. The third kappa shape index (κ3) is 10.6. The number of rotatable bonds is 16. The molecular formula is C31H55NO12. The molecule has 0 aromatic heterocycles. The van der Waals surface area contributed by atoms with E-state index in [1.165, 1.54) is 6.92 Å². The zero-order valence-corrected chi connectivity index (χ0v) is 26.1. The summed E-state index contributed by atoms with van der Waals surface area (Å²) >= 11 is 0. The molecule has 3 rings (SSSR count). The Morgan fingerprint density at radius 2 is 1.39 bits per heavy atom. The molecule has 8 N–H and O–H groups in total. The van der Waals surface area contributed by atoms with Crippen LogP contribution >= 0.6 is 0 Å². The topological polar surface area (TPSA) is 215 Å². The van der Waals surface area contributed by atoms with E-state index >= 15 is 0 Å². The van der Waals surface area contributed by atoms with E-state index in [2.05, 4.69) is 5.32 Å². The molecular weight excluding hydrogens is 578 g/mol. The van der Waals surface area contributed by atoms with Crippen molar-refractivity contribution >= 4 is 11.9 Å². The number of carboxylic acid groups (broad SMARTS) is 1. The highest BCUT2D eigenvalue weighted by Gasteiger charge is 2.47. The van der Waals surface area contributed by atoms with Crippen molar-refractivity contribution < 1.29 is 59.5 Å². The Hall–Kier alpha value is -1.42. The summed E-state index contributed by atoms with van der Waals surface area (Å²) in [6, 6.07) is -0.621. The van der Waals surface area contributed by atoms with Gasteiger partial charge in [0.25, 0.3) is 0 Å². The monoisotopic (exact) mass is 633 g/mol. The van der Waals surface area contributed by atoms with Gasteiger partial charge in [-0.2, -0.15) is 0 Å². The van der Waals surface area contributed by atoms with Crippen molar-refractivity contribution in [3.05, 3.63) is 0 Å². The average molecular weight is 634 g/mol. The Labute approximate surface area is 259 Å². The van der Waals surface area contributed by atoms with Gasteiger partial charge in [-0.25, -0.2) is 0 Å². The van der Waals surface area contributed by atoms with Crippen molar-refractivity contribution in [3.63, 3.8) is 0 Å². The molecule has 3 fully saturated rings. The zero-order valence-electron chi connectivity index (χ0n) is 26.1. The Morgan fingerprint density at radius 1 is 0.750 bits per heavy atom. The van der Waals surface area contributed by atoms with Gasteiger partial charge in [-0.15, -0.1) is 0 Å². The first-order chi connectivity index (χ1) is 20.9.